The lowest BCUT2D eigenvalue weighted by Crippen LogP contribution is -2.29. The van der Waals surface area contributed by atoms with Gasteiger partial charge in [0.25, 0.3) is 0 Å². The van der Waals surface area contributed by atoms with E-state index in [2.05, 4.69) is 46.6 Å². The summed E-state index contributed by atoms with van der Waals surface area (Å²) in [5.41, 5.74) is 2.38. The number of carbonyl (C=O) groups excluding carboxylic acids is 1. The molecule has 0 saturated carbocycles. The molecule has 0 unspecified atom stereocenters. The van der Waals surface area contributed by atoms with E-state index in [4.69, 9.17) is 0 Å². The summed E-state index contributed by atoms with van der Waals surface area (Å²) in [5.74, 6) is 0.510. The first-order valence-corrected chi connectivity index (χ1v) is 6.06. The predicted molar refractivity (Wildman–Crippen MR) is 67.2 cm³/mol. The summed E-state index contributed by atoms with van der Waals surface area (Å²) in [4.78, 5) is 15.7. The first kappa shape index (κ1) is 11.0. The summed E-state index contributed by atoms with van der Waals surface area (Å²) in [6.07, 6.45) is 2.89. The van der Waals surface area contributed by atoms with Gasteiger partial charge in [0.2, 0.25) is 11.9 Å². The summed E-state index contributed by atoms with van der Waals surface area (Å²) < 4.78 is 1.77. The molecule has 18 heavy (non-hydrogen) atoms. The van der Waals surface area contributed by atoms with Gasteiger partial charge in [-0.2, -0.15) is 10.1 Å². The minimum Gasteiger partial charge on any atom is -0.295 e. The van der Waals surface area contributed by atoms with Gasteiger partial charge in [0.1, 0.15) is 6.33 Å². The van der Waals surface area contributed by atoms with Crippen molar-refractivity contribution in [2.24, 2.45) is 0 Å². The van der Waals surface area contributed by atoms with E-state index in [0.29, 0.717) is 12.4 Å². The van der Waals surface area contributed by atoms with Crippen LogP contribution in [-0.4, -0.2) is 20.7 Å². The minimum atomic E-state index is -0.0536. The number of aryl methyl sites for hydroxylation is 1. The zero-order valence-electron chi connectivity index (χ0n) is 10.1. The van der Waals surface area contributed by atoms with E-state index in [-0.39, 0.29) is 11.9 Å². The van der Waals surface area contributed by atoms with Crippen molar-refractivity contribution in [3.63, 3.8) is 0 Å². The third-order valence-electron chi connectivity index (χ3n) is 3.27. The van der Waals surface area contributed by atoms with E-state index in [9.17, 15) is 4.79 Å². The smallest absolute Gasteiger partial charge is 0.229 e. The standard InChI is InChI=1S/C13H14N4O/c1-2-9-3-5-10(6-4-9)11-7-12(18)16-13-14-8-15-17(11)13/h3-6,8,11H,2,7H2,1H3,(H,14,15,16,18)/t11-/m1/s1. The summed E-state index contributed by atoms with van der Waals surface area (Å²) >= 11 is 0. The van der Waals surface area contributed by atoms with Crippen LogP contribution < -0.4 is 5.32 Å². The SMILES string of the molecule is CCc1ccc([C@H]2CC(=O)Nc3ncnn32)cc1. The zero-order chi connectivity index (χ0) is 12.5. The number of rotatable bonds is 2. The fraction of sp³-hybridized carbons (Fsp3) is 0.308. The molecule has 1 aliphatic heterocycles. The molecule has 1 aromatic carbocycles. The Kier molecular flexibility index (Phi) is 2.59. The number of hydrogen-bond donors (Lipinski definition) is 1. The average Bonchev–Trinajstić information content (AvgIpc) is 2.86. The Balaban J connectivity index is 1.99. The van der Waals surface area contributed by atoms with Crippen LogP contribution in [0, 0.1) is 0 Å². The number of hydrogen-bond acceptors (Lipinski definition) is 3. The van der Waals surface area contributed by atoms with Gasteiger partial charge >= 0.3 is 0 Å². The molecule has 0 bridgehead atoms. The maximum Gasteiger partial charge on any atom is 0.229 e. The first-order chi connectivity index (χ1) is 8.78. The lowest BCUT2D eigenvalue weighted by molar-refractivity contribution is -0.117. The normalized spacial score (nSPS) is 18.3. The van der Waals surface area contributed by atoms with Crippen molar-refractivity contribution in [1.29, 1.82) is 0 Å². The van der Waals surface area contributed by atoms with E-state index in [1.807, 2.05) is 0 Å². The molecule has 0 fully saturated rings. The second kappa shape index (κ2) is 4.25. The molecule has 0 spiro atoms. The fourth-order valence-electron chi connectivity index (χ4n) is 2.24. The second-order valence-electron chi connectivity index (χ2n) is 4.39. The van der Waals surface area contributed by atoms with E-state index < -0.39 is 0 Å². The molecule has 0 aliphatic carbocycles. The number of nitrogens with zero attached hydrogens (tertiary/aromatic N) is 3. The highest BCUT2D eigenvalue weighted by molar-refractivity contribution is 5.91. The van der Waals surface area contributed by atoms with Gasteiger partial charge in [0.05, 0.1) is 12.5 Å². The van der Waals surface area contributed by atoms with Crippen molar-refractivity contribution in [2.45, 2.75) is 25.8 Å². The van der Waals surface area contributed by atoms with Crippen LogP contribution in [0.4, 0.5) is 5.95 Å². The number of carbonyl (C=O) groups is 1. The lowest BCUT2D eigenvalue weighted by atomic mass is 10.0. The summed E-state index contributed by atoms with van der Waals surface area (Å²) in [7, 11) is 0. The lowest BCUT2D eigenvalue weighted by Gasteiger charge is -2.23. The molecule has 5 nitrogen and oxygen atoms in total. The molecule has 0 saturated heterocycles. The van der Waals surface area contributed by atoms with Crippen molar-refractivity contribution in [3.8, 4) is 0 Å². The van der Waals surface area contributed by atoms with Crippen molar-refractivity contribution >= 4 is 11.9 Å². The summed E-state index contributed by atoms with van der Waals surface area (Å²) in [5, 5.41) is 6.90. The van der Waals surface area contributed by atoms with Gasteiger partial charge in [-0.05, 0) is 17.5 Å². The Bertz CT molecular complexity index is 573. The third-order valence-corrected chi connectivity index (χ3v) is 3.27. The molecular weight excluding hydrogens is 228 g/mol. The molecule has 1 atom stereocenters. The van der Waals surface area contributed by atoms with Gasteiger partial charge in [0.15, 0.2) is 0 Å². The van der Waals surface area contributed by atoms with Crippen LogP contribution in [0.25, 0.3) is 0 Å². The molecule has 3 rings (SSSR count). The van der Waals surface area contributed by atoms with E-state index in [0.717, 1.165) is 12.0 Å². The van der Waals surface area contributed by atoms with Gasteiger partial charge in [-0.1, -0.05) is 31.2 Å². The summed E-state index contributed by atoms with van der Waals surface area (Å²) in [6.45, 7) is 2.12. The van der Waals surface area contributed by atoms with Crippen LogP contribution in [-0.2, 0) is 11.2 Å². The highest BCUT2D eigenvalue weighted by Gasteiger charge is 2.27. The molecule has 1 aliphatic rings. The Morgan fingerprint density at radius 1 is 1.39 bits per heavy atom. The molecule has 5 heteroatoms. The van der Waals surface area contributed by atoms with Crippen molar-refractivity contribution in [1.82, 2.24) is 14.8 Å². The van der Waals surface area contributed by atoms with Crippen LogP contribution >= 0.6 is 0 Å². The molecule has 2 heterocycles. The fourth-order valence-corrected chi connectivity index (χ4v) is 2.24. The van der Waals surface area contributed by atoms with Crippen LogP contribution in [0.1, 0.15) is 30.5 Å². The highest BCUT2D eigenvalue weighted by Crippen LogP contribution is 2.28. The number of benzene rings is 1. The maximum atomic E-state index is 11.6. The molecule has 2 aromatic rings. The molecular formula is C13H14N4O. The molecule has 1 amide bonds. The number of nitrogens with one attached hydrogen (secondary N) is 1. The van der Waals surface area contributed by atoms with E-state index in [1.54, 1.807) is 4.68 Å². The Labute approximate surface area is 105 Å². The third kappa shape index (κ3) is 1.77. The Morgan fingerprint density at radius 2 is 2.17 bits per heavy atom. The number of fused-ring (bicyclic) bond motifs is 1. The van der Waals surface area contributed by atoms with Crippen molar-refractivity contribution in [3.05, 3.63) is 41.7 Å². The quantitative estimate of drug-likeness (QED) is 0.873. The minimum absolute atomic E-state index is 0.0138. The number of aromatic nitrogens is 3. The maximum absolute atomic E-state index is 11.6. The van der Waals surface area contributed by atoms with Crippen LogP contribution in [0.3, 0.4) is 0 Å². The molecule has 1 aromatic heterocycles. The Hall–Kier alpha value is -2.17. The summed E-state index contributed by atoms with van der Waals surface area (Å²) in [6, 6.07) is 8.26. The van der Waals surface area contributed by atoms with E-state index in [1.165, 1.54) is 11.9 Å². The van der Waals surface area contributed by atoms with Gasteiger partial charge in [-0.25, -0.2) is 4.68 Å². The monoisotopic (exact) mass is 242 g/mol. The van der Waals surface area contributed by atoms with Crippen LogP contribution in [0.2, 0.25) is 0 Å². The molecule has 0 radical (unpaired) electrons. The highest BCUT2D eigenvalue weighted by atomic mass is 16.2. The zero-order valence-corrected chi connectivity index (χ0v) is 10.1. The Morgan fingerprint density at radius 3 is 2.89 bits per heavy atom. The van der Waals surface area contributed by atoms with Gasteiger partial charge in [0, 0.05) is 0 Å². The largest absolute Gasteiger partial charge is 0.295 e. The number of amides is 1. The first-order valence-electron chi connectivity index (χ1n) is 6.06. The topological polar surface area (TPSA) is 59.8 Å². The van der Waals surface area contributed by atoms with Crippen LogP contribution in [0.15, 0.2) is 30.6 Å². The number of anilines is 1. The molecule has 92 valence electrons. The van der Waals surface area contributed by atoms with Gasteiger partial charge in [-0.15, -0.1) is 0 Å². The van der Waals surface area contributed by atoms with Gasteiger partial charge < -0.3 is 0 Å². The second-order valence-corrected chi connectivity index (χ2v) is 4.39. The van der Waals surface area contributed by atoms with Crippen molar-refractivity contribution in [2.75, 3.05) is 5.32 Å². The van der Waals surface area contributed by atoms with Crippen molar-refractivity contribution < 1.29 is 4.79 Å². The predicted octanol–water partition coefficient (Wildman–Crippen LogP) is 1.77. The average molecular weight is 242 g/mol. The van der Waals surface area contributed by atoms with Crippen LogP contribution in [0.5, 0.6) is 0 Å². The van der Waals surface area contributed by atoms with E-state index >= 15 is 0 Å². The van der Waals surface area contributed by atoms with Gasteiger partial charge in [-0.3, -0.25) is 10.1 Å². The molecule has 1 N–H and O–H groups in total.